The van der Waals surface area contributed by atoms with Crippen LogP contribution in [0.2, 0.25) is 0 Å². The Bertz CT molecular complexity index is 1020. The van der Waals surface area contributed by atoms with E-state index in [1.807, 2.05) is 12.1 Å². The molecule has 7 nitrogen and oxygen atoms in total. The number of ether oxygens (including phenoxy) is 1. The minimum Gasteiger partial charge on any atom is -0.494 e. The van der Waals surface area contributed by atoms with Crippen LogP contribution in [0.15, 0.2) is 47.5 Å². The summed E-state index contributed by atoms with van der Waals surface area (Å²) >= 11 is 0. The van der Waals surface area contributed by atoms with Gasteiger partial charge in [0.1, 0.15) is 11.3 Å². The molecule has 1 heterocycles. The molecule has 0 saturated carbocycles. The molecule has 0 unspecified atom stereocenters. The highest BCUT2D eigenvalue weighted by Crippen LogP contribution is 2.27. The standard InChI is InChI=1S/C17H18N4O3S/c1-3-11-8-12-10-19-17(21-16(12)15(9-11)24-2)20-13-4-6-14(7-5-13)25(18,22)23/h4-10H,3H2,1-2H3,(H2,18,22,23)(H,19,20,21). The highest BCUT2D eigenvalue weighted by molar-refractivity contribution is 7.89. The molecule has 0 aliphatic carbocycles. The molecular weight excluding hydrogens is 340 g/mol. The van der Waals surface area contributed by atoms with Gasteiger partial charge in [-0.2, -0.15) is 0 Å². The molecule has 25 heavy (non-hydrogen) atoms. The van der Waals surface area contributed by atoms with E-state index in [2.05, 4.69) is 22.2 Å². The number of hydrogen-bond acceptors (Lipinski definition) is 6. The Morgan fingerprint density at radius 3 is 2.52 bits per heavy atom. The van der Waals surface area contributed by atoms with Crippen LogP contribution < -0.4 is 15.2 Å². The number of hydrogen-bond donors (Lipinski definition) is 2. The molecule has 0 radical (unpaired) electrons. The number of anilines is 2. The summed E-state index contributed by atoms with van der Waals surface area (Å²) in [7, 11) is -2.11. The second-order valence-corrected chi connectivity index (χ2v) is 7.04. The van der Waals surface area contributed by atoms with Crippen LogP contribution in [0.5, 0.6) is 5.75 Å². The van der Waals surface area contributed by atoms with Gasteiger partial charge in [0, 0.05) is 17.3 Å². The Morgan fingerprint density at radius 2 is 1.92 bits per heavy atom. The normalized spacial score (nSPS) is 11.5. The number of benzene rings is 2. The number of aryl methyl sites for hydroxylation is 1. The largest absolute Gasteiger partial charge is 0.494 e. The fourth-order valence-electron chi connectivity index (χ4n) is 2.45. The fraction of sp³-hybridized carbons (Fsp3) is 0.176. The Kier molecular flexibility index (Phi) is 4.56. The number of nitrogens with two attached hydrogens (primary N) is 1. The van der Waals surface area contributed by atoms with Crippen LogP contribution in [0.3, 0.4) is 0 Å². The number of nitrogens with zero attached hydrogens (tertiary/aromatic N) is 2. The molecule has 3 aromatic rings. The van der Waals surface area contributed by atoms with E-state index >= 15 is 0 Å². The predicted molar refractivity (Wildman–Crippen MR) is 96.6 cm³/mol. The number of methoxy groups -OCH3 is 1. The first kappa shape index (κ1) is 17.1. The summed E-state index contributed by atoms with van der Waals surface area (Å²) in [6.45, 7) is 2.07. The fourth-order valence-corrected chi connectivity index (χ4v) is 2.96. The second-order valence-electron chi connectivity index (χ2n) is 5.48. The topological polar surface area (TPSA) is 107 Å². The van der Waals surface area contributed by atoms with Gasteiger partial charge in [-0.05, 0) is 48.4 Å². The molecular formula is C17H18N4O3S. The van der Waals surface area contributed by atoms with Gasteiger partial charge in [-0.3, -0.25) is 0 Å². The summed E-state index contributed by atoms with van der Waals surface area (Å²) in [5.74, 6) is 1.07. The van der Waals surface area contributed by atoms with Crippen molar-refractivity contribution in [1.29, 1.82) is 0 Å². The van der Waals surface area contributed by atoms with Gasteiger partial charge in [0.25, 0.3) is 0 Å². The van der Waals surface area contributed by atoms with E-state index in [-0.39, 0.29) is 4.90 Å². The Balaban J connectivity index is 1.94. The average Bonchev–Trinajstić information content (AvgIpc) is 2.60. The van der Waals surface area contributed by atoms with Crippen LogP contribution in [-0.2, 0) is 16.4 Å². The van der Waals surface area contributed by atoms with Gasteiger partial charge in [-0.15, -0.1) is 0 Å². The minimum atomic E-state index is -3.71. The molecule has 1 aromatic heterocycles. The second kappa shape index (κ2) is 6.66. The number of nitrogens with one attached hydrogen (secondary N) is 1. The van der Waals surface area contributed by atoms with Gasteiger partial charge >= 0.3 is 0 Å². The van der Waals surface area contributed by atoms with E-state index < -0.39 is 10.0 Å². The van der Waals surface area contributed by atoms with Crippen LogP contribution in [0.1, 0.15) is 12.5 Å². The van der Waals surface area contributed by atoms with Crippen molar-refractivity contribution in [1.82, 2.24) is 9.97 Å². The molecule has 0 saturated heterocycles. The maximum absolute atomic E-state index is 11.3. The molecule has 0 aliphatic rings. The first-order valence-electron chi connectivity index (χ1n) is 7.64. The third-order valence-corrected chi connectivity index (χ3v) is 4.70. The molecule has 0 spiro atoms. The molecule has 0 atom stereocenters. The van der Waals surface area contributed by atoms with Gasteiger partial charge in [0.2, 0.25) is 16.0 Å². The smallest absolute Gasteiger partial charge is 0.238 e. The van der Waals surface area contributed by atoms with Crippen molar-refractivity contribution in [2.75, 3.05) is 12.4 Å². The number of rotatable bonds is 5. The van der Waals surface area contributed by atoms with Crippen molar-refractivity contribution in [2.45, 2.75) is 18.2 Å². The Morgan fingerprint density at radius 1 is 1.20 bits per heavy atom. The summed E-state index contributed by atoms with van der Waals surface area (Å²) in [5, 5.41) is 9.03. The van der Waals surface area contributed by atoms with E-state index in [0.717, 1.165) is 17.4 Å². The molecule has 0 amide bonds. The SMILES string of the molecule is CCc1cc(OC)c2nc(Nc3ccc(S(N)(=O)=O)cc3)ncc2c1. The third kappa shape index (κ3) is 3.70. The van der Waals surface area contributed by atoms with Crippen molar-refractivity contribution in [3.8, 4) is 5.75 Å². The molecule has 0 bridgehead atoms. The summed E-state index contributed by atoms with van der Waals surface area (Å²) in [6, 6.07) is 10.0. The zero-order valence-corrected chi connectivity index (χ0v) is 14.7. The highest BCUT2D eigenvalue weighted by atomic mass is 32.2. The van der Waals surface area contributed by atoms with Gasteiger partial charge < -0.3 is 10.1 Å². The lowest BCUT2D eigenvalue weighted by atomic mass is 10.1. The van der Waals surface area contributed by atoms with E-state index in [1.165, 1.54) is 12.1 Å². The van der Waals surface area contributed by atoms with Crippen LogP contribution in [0, 0.1) is 0 Å². The Hall–Kier alpha value is -2.71. The van der Waals surface area contributed by atoms with Crippen LogP contribution in [-0.4, -0.2) is 25.5 Å². The number of fused-ring (bicyclic) bond motifs is 1. The maximum atomic E-state index is 11.3. The Labute approximate surface area is 145 Å². The van der Waals surface area contributed by atoms with Gasteiger partial charge in [-0.1, -0.05) is 6.92 Å². The van der Waals surface area contributed by atoms with Gasteiger partial charge in [0.05, 0.1) is 12.0 Å². The van der Waals surface area contributed by atoms with E-state index in [0.29, 0.717) is 22.9 Å². The number of sulfonamides is 1. The average molecular weight is 358 g/mol. The first-order chi connectivity index (χ1) is 11.9. The monoisotopic (exact) mass is 358 g/mol. The van der Waals surface area contributed by atoms with Crippen molar-refractivity contribution in [3.05, 3.63) is 48.2 Å². The zero-order valence-electron chi connectivity index (χ0n) is 13.9. The van der Waals surface area contributed by atoms with Crippen LogP contribution in [0.4, 0.5) is 11.6 Å². The van der Waals surface area contributed by atoms with Gasteiger partial charge in [0.15, 0.2) is 0 Å². The van der Waals surface area contributed by atoms with Crippen molar-refractivity contribution < 1.29 is 13.2 Å². The molecule has 2 aromatic carbocycles. The van der Waals surface area contributed by atoms with Crippen molar-refractivity contribution in [3.63, 3.8) is 0 Å². The van der Waals surface area contributed by atoms with Gasteiger partial charge in [-0.25, -0.2) is 23.5 Å². The first-order valence-corrected chi connectivity index (χ1v) is 9.19. The summed E-state index contributed by atoms with van der Waals surface area (Å²) in [6.07, 6.45) is 2.62. The number of aromatic nitrogens is 2. The van der Waals surface area contributed by atoms with Crippen LogP contribution >= 0.6 is 0 Å². The molecule has 0 fully saturated rings. The molecule has 130 valence electrons. The molecule has 0 aliphatic heterocycles. The predicted octanol–water partition coefficient (Wildman–Crippen LogP) is 2.59. The summed E-state index contributed by atoms with van der Waals surface area (Å²) in [5.41, 5.74) is 2.50. The van der Waals surface area contributed by atoms with Crippen molar-refractivity contribution >= 4 is 32.6 Å². The van der Waals surface area contributed by atoms with Crippen molar-refractivity contribution in [2.24, 2.45) is 5.14 Å². The van der Waals surface area contributed by atoms with Crippen LogP contribution in [0.25, 0.3) is 10.9 Å². The van der Waals surface area contributed by atoms with E-state index in [4.69, 9.17) is 9.88 Å². The zero-order chi connectivity index (χ0) is 18.0. The highest BCUT2D eigenvalue weighted by Gasteiger charge is 2.10. The van der Waals surface area contributed by atoms with E-state index in [1.54, 1.807) is 25.4 Å². The lowest BCUT2D eigenvalue weighted by molar-refractivity contribution is 0.418. The maximum Gasteiger partial charge on any atom is 0.238 e. The summed E-state index contributed by atoms with van der Waals surface area (Å²) < 4.78 is 28.0. The lowest BCUT2D eigenvalue weighted by Gasteiger charge is -2.10. The quantitative estimate of drug-likeness (QED) is 0.726. The third-order valence-electron chi connectivity index (χ3n) is 3.77. The molecule has 3 N–H and O–H groups in total. The number of primary sulfonamides is 1. The molecule has 3 rings (SSSR count). The lowest BCUT2D eigenvalue weighted by Crippen LogP contribution is -2.11. The summed E-state index contributed by atoms with van der Waals surface area (Å²) in [4.78, 5) is 8.85. The van der Waals surface area contributed by atoms with E-state index in [9.17, 15) is 8.42 Å². The minimum absolute atomic E-state index is 0.0474. The molecule has 8 heteroatoms.